The zero-order valence-corrected chi connectivity index (χ0v) is 16.0. The third-order valence-corrected chi connectivity index (χ3v) is 7.41. The van der Waals surface area contributed by atoms with Crippen molar-refractivity contribution in [1.29, 1.82) is 0 Å². The predicted molar refractivity (Wildman–Crippen MR) is 107 cm³/mol. The summed E-state index contributed by atoms with van der Waals surface area (Å²) in [6.45, 7) is 0.199. The van der Waals surface area contributed by atoms with Gasteiger partial charge < -0.3 is 5.32 Å². The number of nitrogens with one attached hydrogen (secondary N) is 1. The molecule has 146 valence electrons. The molecule has 2 saturated carbocycles. The lowest BCUT2D eigenvalue weighted by molar-refractivity contribution is -0.143. The first kappa shape index (κ1) is 17.0. The number of carbonyl (C=O) groups excluding carboxylic acids is 3. The van der Waals surface area contributed by atoms with Crippen molar-refractivity contribution < 1.29 is 14.4 Å². The van der Waals surface area contributed by atoms with Gasteiger partial charge in [-0.1, -0.05) is 54.6 Å². The van der Waals surface area contributed by atoms with Gasteiger partial charge in [0.1, 0.15) is 6.54 Å². The normalized spacial score (nSPS) is 33.7. The Labute approximate surface area is 168 Å². The minimum Gasteiger partial charge on any atom is -0.350 e. The van der Waals surface area contributed by atoms with Crippen LogP contribution >= 0.6 is 0 Å². The monoisotopic (exact) mass is 386 g/mol. The van der Waals surface area contributed by atoms with Gasteiger partial charge in [0, 0.05) is 6.54 Å². The maximum absolute atomic E-state index is 13.0. The summed E-state index contributed by atoms with van der Waals surface area (Å²) in [4.78, 5) is 39.8. The first-order valence-corrected chi connectivity index (χ1v) is 10.4. The van der Waals surface area contributed by atoms with Gasteiger partial charge in [-0.15, -0.1) is 0 Å². The molecule has 2 aromatic carbocycles. The number of likely N-dealkylation sites (tertiary alicyclic amines) is 1. The Balaban J connectivity index is 1.16. The molecule has 3 amide bonds. The number of hydrogen-bond donors (Lipinski definition) is 1. The zero-order chi connectivity index (χ0) is 19.7. The first-order chi connectivity index (χ1) is 14.1. The average molecular weight is 386 g/mol. The van der Waals surface area contributed by atoms with E-state index in [4.69, 9.17) is 0 Å². The standard InChI is InChI=1S/C24H22N2O3/c27-20(25-11-14-6-3-5-13-4-1-2-7-15(13)14)12-26-23(28)21-16-8-9-17(19-10-18(16)19)22(21)24(26)29/h1-9,16-19,21-22H,10-12H2,(H,25,27)/t16-,17-,18-,19+,21-,22+/m0/s1. The molecule has 6 atom stereocenters. The van der Waals surface area contributed by atoms with Gasteiger partial charge in [0.05, 0.1) is 11.8 Å². The molecule has 1 saturated heterocycles. The van der Waals surface area contributed by atoms with Gasteiger partial charge in [-0.05, 0) is 46.4 Å². The molecule has 3 fully saturated rings. The lowest BCUT2D eigenvalue weighted by Gasteiger charge is -2.37. The molecular weight excluding hydrogens is 364 g/mol. The van der Waals surface area contributed by atoms with E-state index in [9.17, 15) is 14.4 Å². The number of nitrogens with zero attached hydrogens (tertiary/aromatic N) is 1. The zero-order valence-electron chi connectivity index (χ0n) is 16.0. The van der Waals surface area contributed by atoms with Crippen LogP contribution in [0, 0.1) is 35.5 Å². The second-order valence-corrected chi connectivity index (χ2v) is 8.83. The fourth-order valence-corrected chi connectivity index (χ4v) is 6.01. The number of carbonyl (C=O) groups is 3. The maximum Gasteiger partial charge on any atom is 0.240 e. The van der Waals surface area contributed by atoms with E-state index in [-0.39, 0.29) is 47.9 Å². The number of amides is 3. The summed E-state index contributed by atoms with van der Waals surface area (Å²) < 4.78 is 0. The number of rotatable bonds is 4. The van der Waals surface area contributed by atoms with Crippen LogP contribution in [-0.2, 0) is 20.9 Å². The van der Waals surface area contributed by atoms with E-state index in [0.29, 0.717) is 18.4 Å². The third kappa shape index (κ3) is 2.43. The second kappa shape index (κ2) is 6.02. The minimum absolute atomic E-state index is 0.148. The van der Waals surface area contributed by atoms with Gasteiger partial charge in [-0.25, -0.2) is 0 Å². The Bertz CT molecular complexity index is 1050. The van der Waals surface area contributed by atoms with Crippen molar-refractivity contribution in [3.8, 4) is 0 Å². The molecule has 0 spiro atoms. The molecule has 1 aliphatic heterocycles. The SMILES string of the molecule is O=C(CN1C(=O)[C@@H]2[C@H]3C=C[C@@H]([C@@H]4C[C@H]34)[C@@H]2C1=O)NCc1cccc2ccccc12. The highest BCUT2D eigenvalue weighted by atomic mass is 16.2. The van der Waals surface area contributed by atoms with Gasteiger partial charge in [0.25, 0.3) is 0 Å². The maximum atomic E-state index is 13.0. The van der Waals surface area contributed by atoms with E-state index >= 15 is 0 Å². The molecule has 2 bridgehead atoms. The van der Waals surface area contributed by atoms with Crippen molar-refractivity contribution in [2.45, 2.75) is 13.0 Å². The van der Waals surface area contributed by atoms with Crippen molar-refractivity contribution in [3.63, 3.8) is 0 Å². The molecule has 0 aromatic heterocycles. The molecule has 5 heteroatoms. The quantitative estimate of drug-likeness (QED) is 0.649. The molecule has 2 aromatic rings. The summed E-state index contributed by atoms with van der Waals surface area (Å²) in [6, 6.07) is 14.0. The molecule has 29 heavy (non-hydrogen) atoms. The molecule has 1 heterocycles. The van der Waals surface area contributed by atoms with Crippen LogP contribution in [0.2, 0.25) is 0 Å². The Morgan fingerprint density at radius 3 is 2.31 bits per heavy atom. The van der Waals surface area contributed by atoms with Crippen molar-refractivity contribution in [3.05, 3.63) is 60.2 Å². The van der Waals surface area contributed by atoms with Crippen LogP contribution in [0.5, 0.6) is 0 Å². The van der Waals surface area contributed by atoms with Gasteiger partial charge in [0.2, 0.25) is 17.7 Å². The Morgan fingerprint density at radius 2 is 1.59 bits per heavy atom. The molecule has 7 rings (SSSR count). The summed E-state index contributed by atoms with van der Waals surface area (Å²) in [7, 11) is 0. The molecular formula is C24H22N2O3. The van der Waals surface area contributed by atoms with E-state index < -0.39 is 0 Å². The van der Waals surface area contributed by atoms with Crippen LogP contribution in [-0.4, -0.2) is 29.2 Å². The number of benzene rings is 2. The highest BCUT2D eigenvalue weighted by molar-refractivity contribution is 6.08. The minimum atomic E-state index is -0.288. The second-order valence-electron chi connectivity index (χ2n) is 8.83. The highest BCUT2D eigenvalue weighted by Gasteiger charge is 2.67. The van der Waals surface area contributed by atoms with Crippen molar-refractivity contribution in [2.24, 2.45) is 35.5 Å². The van der Waals surface area contributed by atoms with Gasteiger partial charge in [0.15, 0.2) is 0 Å². The van der Waals surface area contributed by atoms with Crippen LogP contribution in [0.4, 0.5) is 0 Å². The van der Waals surface area contributed by atoms with Crippen LogP contribution in [0.25, 0.3) is 10.8 Å². The largest absolute Gasteiger partial charge is 0.350 e. The Morgan fingerprint density at radius 1 is 0.931 bits per heavy atom. The number of fused-ring (bicyclic) bond motifs is 1. The molecule has 1 N–H and O–H groups in total. The van der Waals surface area contributed by atoms with Crippen molar-refractivity contribution >= 4 is 28.5 Å². The third-order valence-electron chi connectivity index (χ3n) is 7.41. The summed E-state index contributed by atoms with van der Waals surface area (Å²) >= 11 is 0. The van der Waals surface area contributed by atoms with E-state index in [1.54, 1.807) is 0 Å². The molecule has 0 radical (unpaired) electrons. The van der Waals surface area contributed by atoms with E-state index in [0.717, 1.165) is 22.8 Å². The fraction of sp³-hybridized carbons (Fsp3) is 0.375. The lowest BCUT2D eigenvalue weighted by Crippen LogP contribution is -2.41. The summed E-state index contributed by atoms with van der Waals surface area (Å²) in [5.41, 5.74) is 1.02. The van der Waals surface area contributed by atoms with E-state index in [1.807, 2.05) is 42.5 Å². The fourth-order valence-electron chi connectivity index (χ4n) is 6.01. The van der Waals surface area contributed by atoms with E-state index in [1.165, 1.54) is 4.90 Å². The van der Waals surface area contributed by atoms with Crippen LogP contribution in [0.15, 0.2) is 54.6 Å². The number of hydrogen-bond acceptors (Lipinski definition) is 3. The topological polar surface area (TPSA) is 66.5 Å². The predicted octanol–water partition coefficient (Wildman–Crippen LogP) is 2.51. The summed E-state index contributed by atoms with van der Waals surface area (Å²) in [5.74, 6) is 0.453. The van der Waals surface area contributed by atoms with Gasteiger partial charge in [-0.3, -0.25) is 19.3 Å². The number of allylic oxidation sites excluding steroid dienone is 2. The molecule has 5 aliphatic rings. The Hall–Kier alpha value is -2.95. The summed E-state index contributed by atoms with van der Waals surface area (Å²) in [6.07, 6.45) is 5.44. The van der Waals surface area contributed by atoms with Crippen molar-refractivity contribution in [2.75, 3.05) is 6.54 Å². The van der Waals surface area contributed by atoms with Crippen molar-refractivity contribution in [1.82, 2.24) is 10.2 Å². The molecule has 4 aliphatic carbocycles. The van der Waals surface area contributed by atoms with E-state index in [2.05, 4.69) is 17.5 Å². The van der Waals surface area contributed by atoms with Crippen LogP contribution in [0.3, 0.4) is 0 Å². The van der Waals surface area contributed by atoms with Crippen LogP contribution in [0.1, 0.15) is 12.0 Å². The summed E-state index contributed by atoms with van der Waals surface area (Å²) in [5, 5.41) is 5.11. The first-order valence-electron chi connectivity index (χ1n) is 10.4. The average Bonchev–Trinajstić information content (AvgIpc) is 3.53. The van der Waals surface area contributed by atoms with Gasteiger partial charge in [-0.2, -0.15) is 0 Å². The number of imide groups is 1. The molecule has 5 nitrogen and oxygen atoms in total. The smallest absolute Gasteiger partial charge is 0.240 e. The Kier molecular flexibility index (Phi) is 3.52. The van der Waals surface area contributed by atoms with Gasteiger partial charge >= 0.3 is 0 Å². The van der Waals surface area contributed by atoms with Crippen LogP contribution < -0.4 is 5.32 Å². The molecule has 0 unspecified atom stereocenters. The lowest BCUT2D eigenvalue weighted by atomic mass is 9.63. The highest BCUT2D eigenvalue weighted by Crippen LogP contribution is 2.65.